The lowest BCUT2D eigenvalue weighted by Crippen LogP contribution is -2.25. The quantitative estimate of drug-likeness (QED) is 0.870. The van der Waals surface area contributed by atoms with Crippen LogP contribution in [0.2, 0.25) is 0 Å². The predicted molar refractivity (Wildman–Crippen MR) is 77.4 cm³/mol. The van der Waals surface area contributed by atoms with Crippen LogP contribution in [-0.4, -0.2) is 12.5 Å². The second-order valence-corrected chi connectivity index (χ2v) is 5.17. The van der Waals surface area contributed by atoms with Gasteiger partial charge >= 0.3 is 0 Å². The van der Waals surface area contributed by atoms with Crippen molar-refractivity contribution in [2.45, 2.75) is 45.4 Å². The third-order valence-electron chi connectivity index (χ3n) is 3.58. The Hall–Kier alpha value is -1.51. The summed E-state index contributed by atoms with van der Waals surface area (Å²) in [5, 5.41) is 3.03. The van der Waals surface area contributed by atoms with Gasteiger partial charge < -0.3 is 10.1 Å². The number of hydrogen-bond acceptors (Lipinski definition) is 2. The normalized spacial score (nSPS) is 16.1. The van der Waals surface area contributed by atoms with Crippen molar-refractivity contribution in [2.75, 3.05) is 11.9 Å². The van der Waals surface area contributed by atoms with Gasteiger partial charge in [0.2, 0.25) is 5.91 Å². The molecule has 0 saturated heterocycles. The lowest BCUT2D eigenvalue weighted by molar-refractivity contribution is -0.120. The molecule has 1 aromatic carbocycles. The summed E-state index contributed by atoms with van der Waals surface area (Å²) in [6.45, 7) is 2.75. The zero-order chi connectivity index (χ0) is 13.5. The molecular weight excluding hydrogens is 238 g/mol. The molecule has 0 heterocycles. The van der Waals surface area contributed by atoms with Gasteiger partial charge in [-0.05, 0) is 31.4 Å². The first kappa shape index (κ1) is 13.9. The number of nitrogens with one attached hydrogen (secondary N) is 1. The third kappa shape index (κ3) is 3.98. The van der Waals surface area contributed by atoms with Crippen molar-refractivity contribution in [3.63, 3.8) is 0 Å². The van der Waals surface area contributed by atoms with Crippen LogP contribution in [0.25, 0.3) is 0 Å². The molecule has 0 aliphatic heterocycles. The summed E-state index contributed by atoms with van der Waals surface area (Å²) >= 11 is 0. The Morgan fingerprint density at radius 2 is 2.00 bits per heavy atom. The Bertz CT molecular complexity index is 411. The van der Waals surface area contributed by atoms with Crippen LogP contribution in [0.5, 0.6) is 5.75 Å². The van der Waals surface area contributed by atoms with Crippen LogP contribution in [0.15, 0.2) is 24.3 Å². The van der Waals surface area contributed by atoms with Crippen molar-refractivity contribution >= 4 is 11.6 Å². The average Bonchev–Trinajstić information content (AvgIpc) is 2.47. The van der Waals surface area contributed by atoms with E-state index < -0.39 is 0 Å². The molecule has 3 heteroatoms. The van der Waals surface area contributed by atoms with E-state index in [0.29, 0.717) is 6.61 Å². The van der Waals surface area contributed by atoms with Gasteiger partial charge in [0.15, 0.2) is 0 Å². The maximum absolute atomic E-state index is 12.2. The highest BCUT2D eigenvalue weighted by atomic mass is 16.5. The van der Waals surface area contributed by atoms with Gasteiger partial charge in [0.25, 0.3) is 0 Å². The van der Waals surface area contributed by atoms with E-state index in [4.69, 9.17) is 4.74 Å². The molecule has 0 atom stereocenters. The number of para-hydroxylation sites is 2. The van der Waals surface area contributed by atoms with E-state index in [9.17, 15) is 4.79 Å². The molecule has 0 aromatic heterocycles. The van der Waals surface area contributed by atoms with Crippen molar-refractivity contribution in [1.29, 1.82) is 0 Å². The SMILES string of the molecule is CCCOc1ccccc1NC(=O)C1CCCCC1. The lowest BCUT2D eigenvalue weighted by Gasteiger charge is -2.21. The fourth-order valence-electron chi connectivity index (χ4n) is 2.51. The topological polar surface area (TPSA) is 38.3 Å². The number of hydrogen-bond donors (Lipinski definition) is 1. The van der Waals surface area contributed by atoms with Crippen molar-refractivity contribution in [3.05, 3.63) is 24.3 Å². The van der Waals surface area contributed by atoms with Crippen molar-refractivity contribution in [1.82, 2.24) is 0 Å². The summed E-state index contributed by atoms with van der Waals surface area (Å²) in [4.78, 5) is 12.2. The van der Waals surface area contributed by atoms with Crippen LogP contribution < -0.4 is 10.1 Å². The second kappa shape index (κ2) is 7.17. The van der Waals surface area contributed by atoms with Gasteiger partial charge in [0.1, 0.15) is 5.75 Å². The molecule has 1 saturated carbocycles. The Morgan fingerprint density at radius 1 is 1.26 bits per heavy atom. The minimum atomic E-state index is 0.146. The first-order valence-electron chi connectivity index (χ1n) is 7.34. The summed E-state index contributed by atoms with van der Waals surface area (Å²) in [7, 11) is 0. The molecule has 1 aliphatic rings. The first-order valence-corrected chi connectivity index (χ1v) is 7.34. The highest BCUT2D eigenvalue weighted by Gasteiger charge is 2.21. The van der Waals surface area contributed by atoms with Crippen LogP contribution in [0.3, 0.4) is 0 Å². The molecule has 1 N–H and O–H groups in total. The third-order valence-corrected chi connectivity index (χ3v) is 3.58. The minimum absolute atomic E-state index is 0.146. The van der Waals surface area contributed by atoms with Gasteiger partial charge in [-0.2, -0.15) is 0 Å². The maximum atomic E-state index is 12.2. The summed E-state index contributed by atoms with van der Waals surface area (Å²) in [6.07, 6.45) is 6.61. The number of anilines is 1. The molecule has 0 radical (unpaired) electrons. The summed E-state index contributed by atoms with van der Waals surface area (Å²) < 4.78 is 5.66. The van der Waals surface area contributed by atoms with E-state index in [0.717, 1.165) is 30.7 Å². The standard InChI is InChI=1S/C16H23NO2/c1-2-12-19-15-11-7-6-10-14(15)17-16(18)13-8-4-3-5-9-13/h6-7,10-11,13H,2-5,8-9,12H2,1H3,(H,17,18). The molecule has 19 heavy (non-hydrogen) atoms. The molecule has 0 spiro atoms. The van der Waals surface area contributed by atoms with Crippen molar-refractivity contribution in [3.8, 4) is 5.75 Å². The molecule has 1 aromatic rings. The van der Waals surface area contributed by atoms with Crippen LogP contribution in [-0.2, 0) is 4.79 Å². The molecule has 104 valence electrons. The van der Waals surface area contributed by atoms with E-state index in [1.54, 1.807) is 0 Å². The minimum Gasteiger partial charge on any atom is -0.491 e. The fraction of sp³-hybridized carbons (Fsp3) is 0.562. The van der Waals surface area contributed by atoms with Gasteiger partial charge in [-0.25, -0.2) is 0 Å². The number of ether oxygens (including phenoxy) is 1. The van der Waals surface area contributed by atoms with Crippen LogP contribution in [0.4, 0.5) is 5.69 Å². The van der Waals surface area contributed by atoms with E-state index >= 15 is 0 Å². The van der Waals surface area contributed by atoms with Crippen LogP contribution in [0, 0.1) is 5.92 Å². The first-order chi connectivity index (χ1) is 9.31. The molecule has 1 aliphatic carbocycles. The highest BCUT2D eigenvalue weighted by Crippen LogP contribution is 2.28. The second-order valence-electron chi connectivity index (χ2n) is 5.17. The zero-order valence-electron chi connectivity index (χ0n) is 11.7. The Labute approximate surface area is 115 Å². The predicted octanol–water partition coefficient (Wildman–Crippen LogP) is 3.99. The monoisotopic (exact) mass is 261 g/mol. The zero-order valence-corrected chi connectivity index (χ0v) is 11.7. The number of carbonyl (C=O) groups is 1. The van der Waals surface area contributed by atoms with E-state index in [1.807, 2.05) is 24.3 Å². The maximum Gasteiger partial charge on any atom is 0.227 e. The summed E-state index contributed by atoms with van der Waals surface area (Å²) in [5.41, 5.74) is 0.798. The number of rotatable bonds is 5. The van der Waals surface area contributed by atoms with Gasteiger partial charge in [0.05, 0.1) is 12.3 Å². The number of carbonyl (C=O) groups excluding carboxylic acids is 1. The van der Waals surface area contributed by atoms with Crippen LogP contribution >= 0.6 is 0 Å². The average molecular weight is 261 g/mol. The van der Waals surface area contributed by atoms with Gasteiger partial charge in [0, 0.05) is 5.92 Å². The number of benzene rings is 1. The van der Waals surface area contributed by atoms with Crippen molar-refractivity contribution in [2.24, 2.45) is 5.92 Å². The largest absolute Gasteiger partial charge is 0.491 e. The van der Waals surface area contributed by atoms with E-state index in [1.165, 1.54) is 19.3 Å². The Kier molecular flexibility index (Phi) is 5.25. The van der Waals surface area contributed by atoms with Crippen LogP contribution in [0.1, 0.15) is 45.4 Å². The Balaban J connectivity index is 1.99. The smallest absolute Gasteiger partial charge is 0.227 e. The highest BCUT2D eigenvalue weighted by molar-refractivity contribution is 5.93. The van der Waals surface area contributed by atoms with E-state index in [2.05, 4.69) is 12.2 Å². The molecule has 0 bridgehead atoms. The molecule has 1 fully saturated rings. The molecule has 2 rings (SSSR count). The lowest BCUT2D eigenvalue weighted by atomic mass is 9.88. The number of amides is 1. The molecular formula is C16H23NO2. The van der Waals surface area contributed by atoms with E-state index in [-0.39, 0.29) is 11.8 Å². The fourth-order valence-corrected chi connectivity index (χ4v) is 2.51. The van der Waals surface area contributed by atoms with Crippen molar-refractivity contribution < 1.29 is 9.53 Å². The molecule has 0 unspecified atom stereocenters. The molecule has 3 nitrogen and oxygen atoms in total. The van der Waals surface area contributed by atoms with Gasteiger partial charge in [-0.3, -0.25) is 4.79 Å². The Morgan fingerprint density at radius 3 is 2.74 bits per heavy atom. The van der Waals surface area contributed by atoms with Gasteiger partial charge in [-0.1, -0.05) is 38.3 Å². The summed E-state index contributed by atoms with van der Waals surface area (Å²) in [6, 6.07) is 7.68. The summed E-state index contributed by atoms with van der Waals surface area (Å²) in [5.74, 6) is 1.09. The van der Waals surface area contributed by atoms with Gasteiger partial charge in [-0.15, -0.1) is 0 Å². The molecule has 1 amide bonds.